The van der Waals surface area contributed by atoms with E-state index < -0.39 is 0 Å². The molecule has 0 fully saturated rings. The second kappa shape index (κ2) is 6.97. The van der Waals surface area contributed by atoms with Gasteiger partial charge in [0.15, 0.2) is 0 Å². The van der Waals surface area contributed by atoms with Crippen LogP contribution in [0.5, 0.6) is 5.75 Å². The normalized spacial score (nSPS) is 12.2. The first-order valence-corrected chi connectivity index (χ1v) is 6.62. The van der Waals surface area contributed by atoms with Crippen LogP contribution in [-0.2, 0) is 4.74 Å². The molecule has 0 heterocycles. The Labute approximate surface area is 120 Å². The van der Waals surface area contributed by atoms with Crippen LogP contribution >= 0.6 is 27.5 Å². The fourth-order valence-corrected chi connectivity index (χ4v) is 2.39. The first kappa shape index (κ1) is 15.3. The molecular formula is C12H15BrClNO3. The molecule has 0 aromatic heterocycles. The molecule has 0 spiro atoms. The zero-order valence-corrected chi connectivity index (χ0v) is 12.5. The molecule has 1 atom stereocenters. The number of alkyl halides is 1. The minimum absolute atomic E-state index is 0.0171. The third kappa shape index (κ3) is 4.15. The lowest BCUT2D eigenvalue weighted by Crippen LogP contribution is -2.33. The molecule has 1 aromatic carbocycles. The van der Waals surface area contributed by atoms with Gasteiger partial charge in [0, 0.05) is 20.7 Å². The van der Waals surface area contributed by atoms with E-state index in [9.17, 15) is 9.90 Å². The lowest BCUT2D eigenvalue weighted by molar-refractivity contribution is 0.0784. The van der Waals surface area contributed by atoms with Crippen LogP contribution in [0.4, 0.5) is 0 Å². The second-order valence-corrected chi connectivity index (χ2v) is 5.60. The maximum atomic E-state index is 12.1. The number of phenolic OH excluding ortho intramolecular Hbond substituents is 1. The Hall–Kier alpha value is -0.780. The van der Waals surface area contributed by atoms with Gasteiger partial charge < -0.3 is 14.7 Å². The van der Waals surface area contributed by atoms with Crippen molar-refractivity contribution in [3.8, 4) is 5.75 Å². The van der Waals surface area contributed by atoms with Crippen molar-refractivity contribution in [3.63, 3.8) is 0 Å². The van der Waals surface area contributed by atoms with Gasteiger partial charge in [-0.15, -0.1) is 0 Å². The van der Waals surface area contributed by atoms with Crippen LogP contribution in [0.1, 0.15) is 10.4 Å². The van der Waals surface area contributed by atoms with Gasteiger partial charge in [0.05, 0.1) is 22.0 Å². The monoisotopic (exact) mass is 335 g/mol. The summed E-state index contributed by atoms with van der Waals surface area (Å²) in [6.45, 7) is 0.990. The molecular weight excluding hydrogens is 321 g/mol. The summed E-state index contributed by atoms with van der Waals surface area (Å²) in [6, 6.07) is 4.30. The van der Waals surface area contributed by atoms with Crippen LogP contribution in [0, 0.1) is 0 Å². The number of amides is 1. The number of ether oxygens (including phenoxy) is 1. The summed E-state index contributed by atoms with van der Waals surface area (Å²) in [4.78, 5) is 13.7. The van der Waals surface area contributed by atoms with Gasteiger partial charge in [-0.2, -0.15) is 0 Å². The molecule has 0 aliphatic heterocycles. The summed E-state index contributed by atoms with van der Waals surface area (Å²) in [5.74, 6) is -0.222. The Morgan fingerprint density at radius 3 is 2.89 bits per heavy atom. The number of aromatic hydroxyl groups is 1. The molecule has 0 aliphatic carbocycles. The van der Waals surface area contributed by atoms with Gasteiger partial charge in [0.2, 0.25) is 0 Å². The first-order valence-electron chi connectivity index (χ1n) is 5.32. The average Bonchev–Trinajstić information content (AvgIpc) is 2.31. The van der Waals surface area contributed by atoms with Crippen molar-refractivity contribution < 1.29 is 14.6 Å². The average molecular weight is 337 g/mol. The molecule has 1 amide bonds. The van der Waals surface area contributed by atoms with Crippen LogP contribution in [0.15, 0.2) is 18.2 Å². The minimum atomic E-state index is -0.239. The van der Waals surface area contributed by atoms with Crippen molar-refractivity contribution in [2.45, 2.75) is 4.83 Å². The standard InChI is InChI=1S/C12H15BrClNO3/c1-15(6-8(13)7-18-2)12(17)10-5-9(16)3-4-11(10)14/h3-5,8,16H,6-7H2,1-2H3. The minimum Gasteiger partial charge on any atom is -0.508 e. The third-order valence-electron chi connectivity index (χ3n) is 2.35. The Morgan fingerprint density at radius 2 is 2.28 bits per heavy atom. The summed E-state index contributed by atoms with van der Waals surface area (Å²) in [5.41, 5.74) is 0.288. The van der Waals surface area contributed by atoms with Crippen LogP contribution < -0.4 is 0 Å². The lowest BCUT2D eigenvalue weighted by Gasteiger charge is -2.20. The number of carbonyl (C=O) groups excluding carboxylic acids is 1. The highest BCUT2D eigenvalue weighted by molar-refractivity contribution is 9.09. The molecule has 100 valence electrons. The lowest BCUT2D eigenvalue weighted by atomic mass is 10.2. The Bertz CT molecular complexity index is 428. The number of halogens is 2. The van der Waals surface area contributed by atoms with E-state index in [4.69, 9.17) is 16.3 Å². The number of rotatable bonds is 5. The number of methoxy groups -OCH3 is 1. The zero-order chi connectivity index (χ0) is 13.7. The van der Waals surface area contributed by atoms with Crippen molar-refractivity contribution in [1.29, 1.82) is 0 Å². The van der Waals surface area contributed by atoms with E-state index in [2.05, 4.69) is 15.9 Å². The molecule has 0 aliphatic rings. The van der Waals surface area contributed by atoms with Crippen LogP contribution in [-0.4, -0.2) is 48.0 Å². The van der Waals surface area contributed by atoms with E-state index in [1.54, 1.807) is 14.2 Å². The van der Waals surface area contributed by atoms with E-state index in [1.807, 2.05) is 0 Å². The maximum Gasteiger partial charge on any atom is 0.255 e. The molecule has 0 bridgehead atoms. The van der Waals surface area contributed by atoms with Crippen LogP contribution in [0.25, 0.3) is 0 Å². The van der Waals surface area contributed by atoms with Crippen molar-refractivity contribution in [2.75, 3.05) is 27.3 Å². The van der Waals surface area contributed by atoms with Crippen LogP contribution in [0.2, 0.25) is 5.02 Å². The summed E-state index contributed by atoms with van der Waals surface area (Å²) in [7, 11) is 3.27. The summed E-state index contributed by atoms with van der Waals surface area (Å²) in [6.07, 6.45) is 0. The predicted molar refractivity (Wildman–Crippen MR) is 74.7 cm³/mol. The van der Waals surface area contributed by atoms with Gasteiger partial charge in [0.1, 0.15) is 5.75 Å². The third-order valence-corrected chi connectivity index (χ3v) is 3.23. The Balaban J connectivity index is 2.77. The smallest absolute Gasteiger partial charge is 0.255 e. The molecule has 1 aromatic rings. The largest absolute Gasteiger partial charge is 0.508 e. The van der Waals surface area contributed by atoms with E-state index in [1.165, 1.54) is 23.1 Å². The molecule has 0 saturated carbocycles. The topological polar surface area (TPSA) is 49.8 Å². The van der Waals surface area contributed by atoms with Gasteiger partial charge in [0.25, 0.3) is 5.91 Å². The van der Waals surface area contributed by atoms with E-state index in [-0.39, 0.29) is 22.0 Å². The van der Waals surface area contributed by atoms with E-state index >= 15 is 0 Å². The fraction of sp³-hybridized carbons (Fsp3) is 0.417. The van der Waals surface area contributed by atoms with Gasteiger partial charge >= 0.3 is 0 Å². The number of nitrogens with zero attached hydrogens (tertiary/aromatic N) is 1. The van der Waals surface area contributed by atoms with Crippen molar-refractivity contribution in [3.05, 3.63) is 28.8 Å². The highest BCUT2D eigenvalue weighted by atomic mass is 79.9. The Kier molecular flexibility index (Phi) is 5.91. The molecule has 4 nitrogen and oxygen atoms in total. The number of hydrogen-bond donors (Lipinski definition) is 1. The quantitative estimate of drug-likeness (QED) is 0.841. The number of carbonyl (C=O) groups is 1. The Morgan fingerprint density at radius 1 is 1.61 bits per heavy atom. The molecule has 0 radical (unpaired) electrons. The van der Waals surface area contributed by atoms with Gasteiger partial charge in [-0.05, 0) is 18.2 Å². The van der Waals surface area contributed by atoms with Gasteiger partial charge in [-0.25, -0.2) is 0 Å². The highest BCUT2D eigenvalue weighted by Crippen LogP contribution is 2.22. The number of benzene rings is 1. The van der Waals surface area contributed by atoms with Crippen molar-refractivity contribution >= 4 is 33.4 Å². The molecule has 1 unspecified atom stereocenters. The van der Waals surface area contributed by atoms with E-state index in [0.717, 1.165) is 0 Å². The molecule has 0 saturated heterocycles. The van der Waals surface area contributed by atoms with Crippen molar-refractivity contribution in [1.82, 2.24) is 4.90 Å². The molecule has 18 heavy (non-hydrogen) atoms. The summed E-state index contributed by atoms with van der Waals surface area (Å²) < 4.78 is 4.98. The molecule has 6 heteroatoms. The zero-order valence-electron chi connectivity index (χ0n) is 10.2. The summed E-state index contributed by atoms with van der Waals surface area (Å²) in [5, 5.41) is 9.70. The SMILES string of the molecule is COCC(Br)CN(C)C(=O)c1cc(O)ccc1Cl. The number of phenols is 1. The molecule has 1 N–H and O–H groups in total. The highest BCUT2D eigenvalue weighted by Gasteiger charge is 2.18. The second-order valence-electron chi connectivity index (χ2n) is 3.90. The summed E-state index contributed by atoms with van der Waals surface area (Å²) >= 11 is 9.35. The van der Waals surface area contributed by atoms with Crippen molar-refractivity contribution in [2.24, 2.45) is 0 Å². The van der Waals surface area contributed by atoms with Gasteiger partial charge in [-0.3, -0.25) is 4.79 Å². The van der Waals surface area contributed by atoms with Gasteiger partial charge in [-0.1, -0.05) is 27.5 Å². The maximum absolute atomic E-state index is 12.1. The molecule has 1 rings (SSSR count). The van der Waals surface area contributed by atoms with E-state index in [0.29, 0.717) is 18.2 Å². The predicted octanol–water partition coefficient (Wildman–Crippen LogP) is 2.53. The number of hydrogen-bond acceptors (Lipinski definition) is 3. The first-order chi connectivity index (χ1) is 8.45. The fourth-order valence-electron chi connectivity index (χ4n) is 1.50. The van der Waals surface area contributed by atoms with Crippen LogP contribution in [0.3, 0.4) is 0 Å².